The molecule has 0 bridgehead atoms. The summed E-state index contributed by atoms with van der Waals surface area (Å²) in [5, 5.41) is 3.94. The highest BCUT2D eigenvalue weighted by Gasteiger charge is 2.24. The van der Waals surface area contributed by atoms with Crippen molar-refractivity contribution in [1.82, 2.24) is 9.88 Å². The second kappa shape index (κ2) is 7.35. The first kappa shape index (κ1) is 18.1. The molecule has 120 valence electrons. The van der Waals surface area contributed by atoms with Gasteiger partial charge in [0.2, 0.25) is 0 Å². The van der Waals surface area contributed by atoms with Crippen molar-refractivity contribution in [3.05, 3.63) is 4.88 Å². The molecule has 1 atom stereocenters. The molecule has 1 rings (SSSR count). The lowest BCUT2D eigenvalue weighted by Crippen LogP contribution is -2.35. The summed E-state index contributed by atoms with van der Waals surface area (Å²) in [4.78, 5) is 19.1. The number of aromatic nitrogens is 1. The molecule has 0 aliphatic heterocycles. The largest absolute Gasteiger partial charge is 0.382 e. The second-order valence-electron chi connectivity index (χ2n) is 6.15. The fourth-order valence-electron chi connectivity index (χ4n) is 1.70. The van der Waals surface area contributed by atoms with E-state index in [4.69, 9.17) is 5.73 Å². The molecule has 1 amide bonds. The molecule has 1 heterocycles. The summed E-state index contributed by atoms with van der Waals surface area (Å²) in [6.07, 6.45) is 3.04. The number of thioether (sulfide) groups is 1. The van der Waals surface area contributed by atoms with E-state index in [-0.39, 0.29) is 17.5 Å². The molecule has 21 heavy (non-hydrogen) atoms. The molecule has 1 aromatic rings. The topological polar surface area (TPSA) is 71.2 Å². The van der Waals surface area contributed by atoms with E-state index in [1.54, 1.807) is 16.7 Å². The van der Waals surface area contributed by atoms with Crippen molar-refractivity contribution in [2.75, 3.05) is 30.1 Å². The van der Waals surface area contributed by atoms with Crippen LogP contribution >= 0.6 is 23.1 Å². The number of nitrogen functional groups attached to an aromatic ring is 1. The first-order valence-electron chi connectivity index (χ1n) is 6.96. The number of nitrogens with two attached hydrogens (primary N) is 1. The number of anilines is 2. The first-order valence-corrected chi connectivity index (χ1v) is 9.17. The molecule has 0 saturated carbocycles. The van der Waals surface area contributed by atoms with E-state index in [0.717, 1.165) is 12.2 Å². The van der Waals surface area contributed by atoms with Crippen molar-refractivity contribution in [2.24, 2.45) is 0 Å². The van der Waals surface area contributed by atoms with Crippen LogP contribution in [0.3, 0.4) is 0 Å². The predicted molar refractivity (Wildman–Crippen MR) is 94.5 cm³/mol. The SMILES string of the molecule is CSCCC(C)N(C)C(=O)c1sc(NC(C)(C)C)nc1N. The Labute approximate surface area is 135 Å². The minimum Gasteiger partial charge on any atom is -0.382 e. The zero-order valence-electron chi connectivity index (χ0n) is 13.7. The number of nitrogens with one attached hydrogen (secondary N) is 1. The van der Waals surface area contributed by atoms with Crippen molar-refractivity contribution in [1.29, 1.82) is 0 Å². The van der Waals surface area contributed by atoms with Gasteiger partial charge in [-0.2, -0.15) is 11.8 Å². The number of amides is 1. The van der Waals surface area contributed by atoms with E-state index in [0.29, 0.717) is 15.8 Å². The lowest BCUT2D eigenvalue weighted by atomic mass is 10.1. The summed E-state index contributed by atoms with van der Waals surface area (Å²) in [6, 6.07) is 0.186. The Kier molecular flexibility index (Phi) is 6.34. The number of hydrogen-bond acceptors (Lipinski definition) is 6. The van der Waals surface area contributed by atoms with Gasteiger partial charge in [-0.1, -0.05) is 11.3 Å². The molecule has 0 radical (unpaired) electrons. The Morgan fingerprint density at radius 2 is 2.14 bits per heavy atom. The monoisotopic (exact) mass is 330 g/mol. The number of carbonyl (C=O) groups excluding carboxylic acids is 1. The van der Waals surface area contributed by atoms with Crippen molar-refractivity contribution in [3.63, 3.8) is 0 Å². The third-order valence-corrected chi connectivity index (χ3v) is 4.67. The number of hydrogen-bond donors (Lipinski definition) is 2. The van der Waals surface area contributed by atoms with Crippen LogP contribution in [0.5, 0.6) is 0 Å². The highest BCUT2D eigenvalue weighted by molar-refractivity contribution is 7.98. The van der Waals surface area contributed by atoms with Gasteiger partial charge in [-0.25, -0.2) is 4.98 Å². The molecule has 1 aromatic heterocycles. The Hall–Kier alpha value is -0.950. The van der Waals surface area contributed by atoms with E-state index in [2.05, 4.69) is 23.5 Å². The van der Waals surface area contributed by atoms with Gasteiger partial charge in [0.05, 0.1) is 0 Å². The Bertz CT molecular complexity index is 482. The highest BCUT2D eigenvalue weighted by atomic mass is 32.2. The number of thiazole rings is 1. The highest BCUT2D eigenvalue weighted by Crippen LogP contribution is 2.28. The average Bonchev–Trinajstić information content (AvgIpc) is 2.72. The van der Waals surface area contributed by atoms with Crippen LogP contribution in [0, 0.1) is 0 Å². The van der Waals surface area contributed by atoms with E-state index in [9.17, 15) is 4.79 Å². The maximum absolute atomic E-state index is 12.5. The van der Waals surface area contributed by atoms with Crippen LogP contribution in [0.1, 0.15) is 43.8 Å². The molecule has 1 unspecified atom stereocenters. The summed E-state index contributed by atoms with van der Waals surface area (Å²) in [5.41, 5.74) is 5.80. The van der Waals surface area contributed by atoms with E-state index in [1.165, 1.54) is 11.3 Å². The van der Waals surface area contributed by atoms with Crippen LogP contribution < -0.4 is 11.1 Å². The summed E-state index contributed by atoms with van der Waals surface area (Å²) < 4.78 is 0. The van der Waals surface area contributed by atoms with E-state index < -0.39 is 0 Å². The van der Waals surface area contributed by atoms with Gasteiger partial charge >= 0.3 is 0 Å². The van der Waals surface area contributed by atoms with Gasteiger partial charge in [-0.15, -0.1) is 0 Å². The molecule has 0 aromatic carbocycles. The molecular weight excluding hydrogens is 304 g/mol. The lowest BCUT2D eigenvalue weighted by molar-refractivity contribution is 0.0747. The molecule has 7 heteroatoms. The van der Waals surface area contributed by atoms with Gasteiger partial charge in [-0.3, -0.25) is 4.79 Å². The van der Waals surface area contributed by atoms with Gasteiger partial charge in [0.15, 0.2) is 5.13 Å². The third-order valence-electron chi connectivity index (χ3n) is 3.05. The van der Waals surface area contributed by atoms with Crippen LogP contribution in [-0.4, -0.2) is 46.4 Å². The maximum Gasteiger partial charge on any atom is 0.267 e. The summed E-state index contributed by atoms with van der Waals surface area (Å²) >= 11 is 3.11. The van der Waals surface area contributed by atoms with Crippen molar-refractivity contribution >= 4 is 40.0 Å². The van der Waals surface area contributed by atoms with Crippen LogP contribution in [0.4, 0.5) is 10.9 Å². The minimum atomic E-state index is -0.109. The molecule has 3 N–H and O–H groups in total. The lowest BCUT2D eigenvalue weighted by Gasteiger charge is -2.24. The fraction of sp³-hybridized carbons (Fsp3) is 0.714. The van der Waals surface area contributed by atoms with Gasteiger partial charge in [0.25, 0.3) is 5.91 Å². The predicted octanol–water partition coefficient (Wildman–Crippen LogP) is 3.15. The first-order chi connectivity index (χ1) is 9.65. The summed E-state index contributed by atoms with van der Waals surface area (Å²) in [6.45, 7) is 8.19. The number of nitrogens with zero attached hydrogens (tertiary/aromatic N) is 2. The Balaban J connectivity index is 2.82. The normalized spacial score (nSPS) is 13.0. The van der Waals surface area contributed by atoms with Crippen LogP contribution in [0.25, 0.3) is 0 Å². The summed E-state index contributed by atoms with van der Waals surface area (Å²) in [5.74, 6) is 1.29. The minimum absolute atomic E-state index is 0.0550. The second-order valence-corrected chi connectivity index (χ2v) is 8.14. The Morgan fingerprint density at radius 1 is 1.52 bits per heavy atom. The van der Waals surface area contributed by atoms with Gasteiger partial charge < -0.3 is 16.0 Å². The number of carbonyl (C=O) groups is 1. The van der Waals surface area contributed by atoms with E-state index in [1.807, 2.05) is 27.8 Å². The molecule has 0 aliphatic rings. The van der Waals surface area contributed by atoms with Gasteiger partial charge in [0, 0.05) is 18.6 Å². The molecule has 0 fully saturated rings. The van der Waals surface area contributed by atoms with Crippen LogP contribution in [-0.2, 0) is 0 Å². The van der Waals surface area contributed by atoms with Gasteiger partial charge in [0.1, 0.15) is 10.7 Å². The van der Waals surface area contributed by atoms with Gasteiger partial charge in [-0.05, 0) is 46.1 Å². The standard InChI is InChI=1S/C14H26N4OS2/c1-9(7-8-20-6)18(5)12(19)10-11(15)16-13(21-10)17-14(2,3)4/h9H,7-8,15H2,1-6H3,(H,16,17). The van der Waals surface area contributed by atoms with Crippen molar-refractivity contribution in [2.45, 2.75) is 45.7 Å². The van der Waals surface area contributed by atoms with Crippen LogP contribution in [0.15, 0.2) is 0 Å². The van der Waals surface area contributed by atoms with Crippen molar-refractivity contribution in [3.8, 4) is 0 Å². The molecular formula is C14H26N4OS2. The number of rotatable bonds is 6. The average molecular weight is 331 g/mol. The van der Waals surface area contributed by atoms with E-state index >= 15 is 0 Å². The maximum atomic E-state index is 12.5. The molecule has 0 aliphatic carbocycles. The molecule has 0 saturated heterocycles. The smallest absolute Gasteiger partial charge is 0.267 e. The quantitative estimate of drug-likeness (QED) is 0.838. The van der Waals surface area contributed by atoms with Crippen molar-refractivity contribution < 1.29 is 4.79 Å². The zero-order valence-corrected chi connectivity index (χ0v) is 15.3. The Morgan fingerprint density at radius 3 is 2.67 bits per heavy atom. The fourth-order valence-corrected chi connectivity index (χ4v) is 3.35. The summed E-state index contributed by atoms with van der Waals surface area (Å²) in [7, 11) is 1.82. The molecule has 0 spiro atoms. The third kappa shape index (κ3) is 5.39. The van der Waals surface area contributed by atoms with Crippen LogP contribution in [0.2, 0.25) is 0 Å². The zero-order chi connectivity index (χ0) is 16.2. The molecule has 5 nitrogen and oxygen atoms in total.